The van der Waals surface area contributed by atoms with E-state index in [1.165, 1.54) is 108 Å². The number of fused-ring (bicyclic) bond motifs is 1. The van der Waals surface area contributed by atoms with E-state index in [2.05, 4.69) is 83.6 Å². The van der Waals surface area contributed by atoms with E-state index in [-0.39, 0.29) is 39.0 Å². The molecule has 3 aliphatic heterocycles. The van der Waals surface area contributed by atoms with E-state index in [9.17, 15) is 9.18 Å². The molecule has 0 spiro atoms. The first kappa shape index (κ1) is 59.7. The highest BCUT2D eigenvalue weighted by molar-refractivity contribution is 6.34. The van der Waals surface area contributed by atoms with E-state index >= 15 is 4.39 Å². The molecule has 0 aromatic heterocycles. The summed E-state index contributed by atoms with van der Waals surface area (Å²) in [7, 11) is 5.45. The molecular formula is C64H89ClF2N8O. The summed E-state index contributed by atoms with van der Waals surface area (Å²) in [6.45, 7) is 31.4. The number of hydrogen-bond donors (Lipinski definition) is 3. The number of carbonyl (C=O) groups excluding carboxylic acids is 1. The van der Waals surface area contributed by atoms with Crippen molar-refractivity contribution in [1.82, 2.24) is 25.0 Å². The normalized spacial score (nSPS) is 21.0. The third kappa shape index (κ3) is 13.6. The lowest BCUT2D eigenvalue weighted by Gasteiger charge is -2.49. The average Bonchev–Trinajstić information content (AvgIpc) is 3.76. The van der Waals surface area contributed by atoms with Crippen LogP contribution < -0.4 is 16.8 Å². The molecule has 0 radical (unpaired) electrons. The van der Waals surface area contributed by atoms with Crippen LogP contribution in [-0.2, 0) is 12.8 Å². The Morgan fingerprint density at radius 2 is 1.54 bits per heavy atom. The number of hydrogen-bond acceptors (Lipinski definition) is 7. The lowest BCUT2D eigenvalue weighted by atomic mass is 9.70. The lowest BCUT2D eigenvalue weighted by molar-refractivity contribution is 0.0335. The Morgan fingerprint density at radius 1 is 0.882 bits per heavy atom. The van der Waals surface area contributed by atoms with Crippen LogP contribution in [0, 0.1) is 23.0 Å². The van der Waals surface area contributed by atoms with Gasteiger partial charge >= 0.3 is 0 Å². The fourth-order valence-corrected chi connectivity index (χ4v) is 12.9. The molecule has 3 heterocycles. The maximum absolute atomic E-state index is 15.7. The number of primary amides is 1. The van der Waals surface area contributed by atoms with Gasteiger partial charge in [0.15, 0.2) is 5.84 Å². The summed E-state index contributed by atoms with van der Waals surface area (Å²) >= 11 is 6.45. The summed E-state index contributed by atoms with van der Waals surface area (Å²) in [5.74, 6) is 1.19. The van der Waals surface area contributed by atoms with Crippen LogP contribution in [0.2, 0.25) is 5.02 Å². The van der Waals surface area contributed by atoms with Gasteiger partial charge in [0.1, 0.15) is 17.5 Å². The summed E-state index contributed by atoms with van der Waals surface area (Å²) < 4.78 is 30.6. The van der Waals surface area contributed by atoms with Gasteiger partial charge in [-0.25, -0.2) is 8.78 Å². The Kier molecular flexibility index (Phi) is 21.4. The third-order valence-corrected chi connectivity index (χ3v) is 16.8. The topological polar surface area (TPSA) is 106 Å². The number of nitrogens with two attached hydrogens (primary N) is 2. The number of nitrogens with one attached hydrogen (secondary N) is 1. The molecule has 412 valence electrons. The maximum Gasteiger partial charge on any atom is 0.249 e. The number of amidine groups is 1. The summed E-state index contributed by atoms with van der Waals surface area (Å²) in [5, 5.41) is 9.86. The van der Waals surface area contributed by atoms with Crippen molar-refractivity contribution in [2.45, 2.75) is 142 Å². The van der Waals surface area contributed by atoms with E-state index in [4.69, 9.17) is 22.4 Å². The second-order valence-electron chi connectivity index (χ2n) is 22.0. The van der Waals surface area contributed by atoms with Gasteiger partial charge in [-0.1, -0.05) is 159 Å². The van der Waals surface area contributed by atoms with Crippen LogP contribution in [0.4, 0.5) is 8.78 Å². The molecule has 9 nitrogen and oxygen atoms in total. The van der Waals surface area contributed by atoms with Crippen LogP contribution in [-0.4, -0.2) is 91.4 Å². The van der Waals surface area contributed by atoms with Crippen LogP contribution in [0.15, 0.2) is 115 Å². The van der Waals surface area contributed by atoms with Crippen molar-refractivity contribution >= 4 is 23.3 Å². The van der Waals surface area contributed by atoms with Gasteiger partial charge in [0.05, 0.1) is 5.02 Å². The van der Waals surface area contributed by atoms with Gasteiger partial charge < -0.3 is 31.6 Å². The first-order valence-corrected chi connectivity index (χ1v) is 28.5. The van der Waals surface area contributed by atoms with Crippen LogP contribution in [0.3, 0.4) is 0 Å². The number of halogens is 3. The predicted octanol–water partition coefficient (Wildman–Crippen LogP) is 13.9. The van der Waals surface area contributed by atoms with Crippen LogP contribution >= 0.6 is 11.6 Å². The molecule has 12 heteroatoms. The second kappa shape index (κ2) is 27.2. The summed E-state index contributed by atoms with van der Waals surface area (Å²) in [6, 6.07) is 24.4. The second-order valence-corrected chi connectivity index (χ2v) is 22.4. The van der Waals surface area contributed by atoms with E-state index in [1.54, 1.807) is 6.07 Å². The third-order valence-electron chi connectivity index (χ3n) is 16.5. The Balaban J connectivity index is 0.000000239. The molecule has 2 aliphatic carbocycles. The van der Waals surface area contributed by atoms with Crippen molar-refractivity contribution in [3.05, 3.63) is 165 Å². The van der Waals surface area contributed by atoms with Gasteiger partial charge in [-0.3, -0.25) is 9.69 Å². The number of carbonyl (C=O) groups is 1. The smallest absolute Gasteiger partial charge is 0.249 e. The van der Waals surface area contributed by atoms with E-state index < -0.39 is 17.5 Å². The molecule has 76 heavy (non-hydrogen) atoms. The largest absolute Gasteiger partial charge is 0.375 e. The molecule has 4 aromatic rings. The van der Waals surface area contributed by atoms with Gasteiger partial charge in [-0.2, -0.15) is 5.10 Å². The summed E-state index contributed by atoms with van der Waals surface area (Å²) in [5.41, 5.74) is 18.8. The molecule has 2 unspecified atom stereocenters. The highest BCUT2D eigenvalue weighted by Gasteiger charge is 2.41. The molecule has 4 aromatic carbocycles. The Morgan fingerprint density at radius 3 is 2.13 bits per heavy atom. The van der Waals surface area contributed by atoms with E-state index in [0.717, 1.165) is 64.9 Å². The zero-order valence-electron chi connectivity index (χ0n) is 47.4. The molecule has 9 rings (SSSR count). The van der Waals surface area contributed by atoms with E-state index in [0.29, 0.717) is 30.4 Å². The minimum Gasteiger partial charge on any atom is -0.375 e. The number of rotatable bonds is 11. The number of piperidine rings is 2. The minimum absolute atomic E-state index is 0.0137. The van der Waals surface area contributed by atoms with Crippen molar-refractivity contribution in [2.24, 2.45) is 27.9 Å². The molecule has 0 bridgehead atoms. The monoisotopic (exact) mass is 1060 g/mol. The zero-order valence-corrected chi connectivity index (χ0v) is 48.1. The molecule has 3 atom stereocenters. The number of benzene rings is 4. The number of hydrazone groups is 1. The van der Waals surface area contributed by atoms with Gasteiger partial charge in [0, 0.05) is 86.4 Å². The van der Waals surface area contributed by atoms with Crippen LogP contribution in [0.1, 0.15) is 167 Å². The number of allylic oxidation sites excluding steroid dienone is 1. The van der Waals surface area contributed by atoms with Crippen LogP contribution in [0.5, 0.6) is 0 Å². The Bertz CT molecular complexity index is 2650. The van der Waals surface area contributed by atoms with Crippen LogP contribution in [0.25, 0.3) is 11.1 Å². The lowest BCUT2D eigenvalue weighted by Crippen LogP contribution is -2.52. The van der Waals surface area contributed by atoms with Crippen molar-refractivity contribution in [2.75, 3.05) is 53.9 Å². The van der Waals surface area contributed by atoms with Crippen molar-refractivity contribution in [3.63, 3.8) is 0 Å². The van der Waals surface area contributed by atoms with Crippen molar-refractivity contribution in [1.29, 1.82) is 0 Å². The standard InChI is InChI=1S/C35H54N6.C26H24ClF2NO.C2H6.CH5N/c1-26-17-24-41(28(3)36-26)34(37-38(6)7)31-15-13-30(14-16-31)33-20-23-40(25-35(33,4)5)32-18-21-39(22-19-32)27(2)29-11-9-8-10-12-29;1-3-7-16-10-11-18(26(30)31)22(25(16)29)23-21-14(2)19(15-8-5-4-6-9-15)12-17(21)13-20(28)24(23)27;2*1-2/h13-16,29,32-33,36H,1-3,8-12,17-25H2,4-7H3;4-6,8-11,13-14,19H,3,7,12H2,1-2H3,(H2,30,31);1-2H3;2H2,1H3/b37-34+;;;/t;14-,19?;;/m.1../s1. The highest BCUT2D eigenvalue weighted by Crippen LogP contribution is 2.52. The fraction of sp³-hybridized carbons (Fsp3) is 0.500. The molecule has 1 amide bonds. The highest BCUT2D eigenvalue weighted by atomic mass is 35.5. The number of aryl methyl sites for hydroxylation is 1. The number of amides is 1. The van der Waals surface area contributed by atoms with Gasteiger partial charge in [0.2, 0.25) is 5.91 Å². The predicted molar refractivity (Wildman–Crippen MR) is 315 cm³/mol. The SMILES string of the molecule is C=C1CCN(/C(=N/N(C)C)c2ccc(C3CCN(C4CCN(C(=C)C5CCCCC5)CC4)CC3(C)C)cc2)C(=C)N1.CC.CCCc1ccc(C(N)=O)c(-c2c(Cl)c(F)cc3c2[C@H](C)C(c2ccccc2)C3)c1F.CN. The number of nitrogens with zero attached hydrogens (tertiary/aromatic N) is 5. The minimum atomic E-state index is -0.767. The average molecular weight is 1060 g/mol. The molecule has 1 saturated carbocycles. The summed E-state index contributed by atoms with van der Waals surface area (Å²) in [6.07, 6.45) is 13.4. The van der Waals surface area contributed by atoms with E-state index in [1.807, 2.05) is 77.1 Å². The maximum atomic E-state index is 15.7. The van der Waals surface area contributed by atoms with Gasteiger partial charge in [-0.05, 0) is 128 Å². The Hall–Kier alpha value is -5.49. The van der Waals surface area contributed by atoms with Crippen molar-refractivity contribution < 1.29 is 13.6 Å². The number of likely N-dealkylation sites (tertiary alicyclic amines) is 2. The molecule has 3 saturated heterocycles. The fourth-order valence-electron chi connectivity index (χ4n) is 12.7. The zero-order chi connectivity index (χ0) is 55.4. The van der Waals surface area contributed by atoms with Gasteiger partial charge in [-0.15, -0.1) is 0 Å². The molecule has 4 fully saturated rings. The first-order chi connectivity index (χ1) is 36.5. The first-order valence-electron chi connectivity index (χ1n) is 28.2. The molecular weight excluding hydrogens is 970 g/mol. The van der Waals surface area contributed by atoms with Gasteiger partial charge in [0.25, 0.3) is 0 Å². The Labute approximate surface area is 460 Å². The quantitative estimate of drug-likeness (QED) is 0.0780. The van der Waals surface area contributed by atoms with Crippen molar-refractivity contribution in [3.8, 4) is 11.1 Å². The summed E-state index contributed by atoms with van der Waals surface area (Å²) in [4.78, 5) is 19.8. The molecule has 5 aliphatic rings. The molecule has 5 N–H and O–H groups in total.